The SMILES string of the molecule is CCn1c(=O)c(C(=O)N/N=C/c2ccc([N+](=O)[O-])s2)c(O)c2ccccc21. The lowest BCUT2D eigenvalue weighted by molar-refractivity contribution is -0.380. The van der Waals surface area contributed by atoms with E-state index in [0.29, 0.717) is 22.3 Å². The fourth-order valence-corrected chi connectivity index (χ4v) is 3.32. The lowest BCUT2D eigenvalue weighted by atomic mass is 10.1. The number of benzene rings is 1. The minimum absolute atomic E-state index is 0.0548. The van der Waals surface area contributed by atoms with E-state index >= 15 is 0 Å². The number of hydrogen-bond donors (Lipinski definition) is 2. The molecule has 1 amide bonds. The van der Waals surface area contributed by atoms with E-state index in [-0.39, 0.29) is 5.00 Å². The largest absolute Gasteiger partial charge is 0.506 e. The van der Waals surface area contributed by atoms with Gasteiger partial charge in [-0.1, -0.05) is 23.5 Å². The van der Waals surface area contributed by atoms with Crippen LogP contribution in [0.1, 0.15) is 22.2 Å². The molecule has 0 bridgehead atoms. The van der Waals surface area contributed by atoms with Crippen molar-refractivity contribution in [2.24, 2.45) is 5.10 Å². The van der Waals surface area contributed by atoms with Crippen LogP contribution in [0.3, 0.4) is 0 Å². The van der Waals surface area contributed by atoms with Crippen molar-refractivity contribution in [3.8, 4) is 5.75 Å². The molecule has 10 heteroatoms. The number of nitro groups is 1. The van der Waals surface area contributed by atoms with E-state index < -0.39 is 27.7 Å². The van der Waals surface area contributed by atoms with Crippen LogP contribution in [0, 0.1) is 10.1 Å². The molecule has 2 heterocycles. The summed E-state index contributed by atoms with van der Waals surface area (Å²) in [6.45, 7) is 2.08. The number of hydrogen-bond acceptors (Lipinski definition) is 7. The normalized spacial score (nSPS) is 11.1. The van der Waals surface area contributed by atoms with Crippen molar-refractivity contribution >= 4 is 39.4 Å². The van der Waals surface area contributed by atoms with Gasteiger partial charge >= 0.3 is 5.00 Å². The monoisotopic (exact) mass is 386 g/mol. The van der Waals surface area contributed by atoms with Crippen molar-refractivity contribution in [2.75, 3.05) is 0 Å². The van der Waals surface area contributed by atoms with Gasteiger partial charge in [-0.3, -0.25) is 19.7 Å². The Labute approximate surface area is 156 Å². The molecule has 0 atom stereocenters. The molecule has 0 aliphatic rings. The summed E-state index contributed by atoms with van der Waals surface area (Å²) in [6.07, 6.45) is 1.23. The van der Waals surface area contributed by atoms with Crippen LogP contribution in [0.15, 0.2) is 46.3 Å². The Morgan fingerprint density at radius 3 is 2.78 bits per heavy atom. The first-order valence-electron chi connectivity index (χ1n) is 7.86. The first-order chi connectivity index (χ1) is 12.9. The van der Waals surface area contributed by atoms with Gasteiger partial charge in [0.2, 0.25) is 0 Å². The highest BCUT2D eigenvalue weighted by atomic mass is 32.1. The molecule has 9 nitrogen and oxygen atoms in total. The minimum Gasteiger partial charge on any atom is -0.506 e. The molecule has 0 aliphatic carbocycles. The van der Waals surface area contributed by atoms with Gasteiger partial charge in [0.15, 0.2) is 0 Å². The highest BCUT2D eigenvalue weighted by Crippen LogP contribution is 2.26. The minimum atomic E-state index is -0.868. The van der Waals surface area contributed by atoms with E-state index in [2.05, 4.69) is 10.5 Å². The van der Waals surface area contributed by atoms with Crippen molar-refractivity contribution in [1.82, 2.24) is 9.99 Å². The Balaban J connectivity index is 1.92. The molecule has 0 unspecified atom stereocenters. The summed E-state index contributed by atoms with van der Waals surface area (Å²) in [5, 5.41) is 25.1. The number of amides is 1. The van der Waals surface area contributed by atoms with Gasteiger partial charge in [0, 0.05) is 18.0 Å². The number of carbonyl (C=O) groups is 1. The van der Waals surface area contributed by atoms with Crippen LogP contribution in [0.4, 0.5) is 5.00 Å². The van der Waals surface area contributed by atoms with Gasteiger partial charge < -0.3 is 9.67 Å². The number of para-hydroxylation sites is 1. The van der Waals surface area contributed by atoms with Gasteiger partial charge in [-0.2, -0.15) is 5.10 Å². The highest BCUT2D eigenvalue weighted by Gasteiger charge is 2.21. The zero-order valence-corrected chi connectivity index (χ0v) is 14.9. The van der Waals surface area contributed by atoms with Crippen LogP contribution in [0.5, 0.6) is 5.75 Å². The standard InChI is InChI=1S/C17H14N4O5S/c1-2-20-12-6-4-3-5-11(12)15(22)14(17(20)24)16(23)19-18-9-10-7-8-13(27-10)21(25)26/h3-9,22H,2H2,1H3,(H,19,23)/b18-9+. The molecule has 27 heavy (non-hydrogen) atoms. The van der Waals surface area contributed by atoms with E-state index in [1.54, 1.807) is 31.2 Å². The molecule has 0 aliphatic heterocycles. The number of pyridine rings is 1. The molecule has 0 radical (unpaired) electrons. The summed E-state index contributed by atoms with van der Waals surface area (Å²) in [6, 6.07) is 9.53. The van der Waals surface area contributed by atoms with Crippen LogP contribution in [-0.4, -0.2) is 26.7 Å². The number of thiophene rings is 1. The predicted octanol–water partition coefficient (Wildman–Crippen LogP) is 2.46. The Morgan fingerprint density at radius 2 is 2.11 bits per heavy atom. The van der Waals surface area contributed by atoms with Gasteiger partial charge in [0.25, 0.3) is 11.5 Å². The molecule has 0 saturated heterocycles. The number of aromatic nitrogens is 1. The predicted molar refractivity (Wildman–Crippen MR) is 102 cm³/mol. The first kappa shape index (κ1) is 18.3. The quantitative estimate of drug-likeness (QED) is 0.396. The molecule has 3 rings (SSSR count). The van der Waals surface area contributed by atoms with E-state index in [4.69, 9.17) is 0 Å². The molecule has 3 aromatic rings. The Hall–Kier alpha value is -3.53. The van der Waals surface area contributed by atoms with E-state index in [9.17, 15) is 24.8 Å². The average molecular weight is 386 g/mol. The Kier molecular flexibility index (Phi) is 4.99. The molecule has 2 aromatic heterocycles. The summed E-state index contributed by atoms with van der Waals surface area (Å²) >= 11 is 0.888. The second kappa shape index (κ2) is 7.38. The average Bonchev–Trinajstić information content (AvgIpc) is 3.11. The van der Waals surface area contributed by atoms with Gasteiger partial charge in [-0.25, -0.2) is 5.43 Å². The van der Waals surface area contributed by atoms with Gasteiger partial charge in [0.1, 0.15) is 11.3 Å². The molecule has 138 valence electrons. The second-order valence-corrected chi connectivity index (χ2v) is 6.52. The lowest BCUT2D eigenvalue weighted by Gasteiger charge is -2.12. The molecule has 0 saturated carbocycles. The van der Waals surface area contributed by atoms with Crippen LogP contribution in [0.2, 0.25) is 0 Å². The lowest BCUT2D eigenvalue weighted by Crippen LogP contribution is -2.31. The maximum Gasteiger partial charge on any atom is 0.324 e. The molecular weight excluding hydrogens is 372 g/mol. The third-order valence-electron chi connectivity index (χ3n) is 3.84. The maximum absolute atomic E-state index is 12.6. The molecular formula is C17H14N4O5S. The zero-order chi connectivity index (χ0) is 19.6. The van der Waals surface area contributed by atoms with Gasteiger partial charge in [0.05, 0.1) is 21.5 Å². The molecule has 0 fully saturated rings. The van der Waals surface area contributed by atoms with E-state index in [1.165, 1.54) is 22.9 Å². The number of aryl methyl sites for hydroxylation is 1. The topological polar surface area (TPSA) is 127 Å². The summed E-state index contributed by atoms with van der Waals surface area (Å²) in [7, 11) is 0. The van der Waals surface area contributed by atoms with Crippen LogP contribution in [0.25, 0.3) is 10.9 Å². The number of hydrazone groups is 1. The Morgan fingerprint density at radius 1 is 1.37 bits per heavy atom. The number of rotatable bonds is 5. The summed E-state index contributed by atoms with van der Waals surface area (Å²) in [5.74, 6) is -1.28. The van der Waals surface area contributed by atoms with E-state index in [1.807, 2.05) is 0 Å². The molecule has 0 spiro atoms. The summed E-state index contributed by atoms with van der Waals surface area (Å²) < 4.78 is 1.39. The highest BCUT2D eigenvalue weighted by molar-refractivity contribution is 7.16. The van der Waals surface area contributed by atoms with E-state index in [0.717, 1.165) is 11.3 Å². The molecule has 2 N–H and O–H groups in total. The number of aromatic hydroxyl groups is 1. The van der Waals surface area contributed by atoms with Crippen molar-refractivity contribution in [3.05, 3.63) is 67.3 Å². The molecule has 1 aromatic carbocycles. The van der Waals surface area contributed by atoms with Gasteiger partial charge in [-0.05, 0) is 25.1 Å². The smallest absolute Gasteiger partial charge is 0.324 e. The number of fused-ring (bicyclic) bond motifs is 1. The number of nitrogens with one attached hydrogen (secondary N) is 1. The van der Waals surface area contributed by atoms with Crippen LogP contribution >= 0.6 is 11.3 Å². The fraction of sp³-hybridized carbons (Fsp3) is 0.118. The maximum atomic E-state index is 12.6. The fourth-order valence-electron chi connectivity index (χ4n) is 2.63. The first-order valence-corrected chi connectivity index (χ1v) is 8.67. The number of nitrogens with zero attached hydrogens (tertiary/aromatic N) is 3. The van der Waals surface area contributed by atoms with Crippen molar-refractivity contribution in [3.63, 3.8) is 0 Å². The zero-order valence-electron chi connectivity index (χ0n) is 14.1. The van der Waals surface area contributed by atoms with Crippen LogP contribution < -0.4 is 11.0 Å². The Bertz CT molecular complexity index is 1130. The summed E-state index contributed by atoms with van der Waals surface area (Å²) in [5.41, 5.74) is 1.66. The van der Waals surface area contributed by atoms with Crippen molar-refractivity contribution in [1.29, 1.82) is 0 Å². The second-order valence-electron chi connectivity index (χ2n) is 5.42. The van der Waals surface area contributed by atoms with Gasteiger partial charge in [-0.15, -0.1) is 0 Å². The number of carbonyl (C=O) groups excluding carboxylic acids is 1. The van der Waals surface area contributed by atoms with Crippen molar-refractivity contribution in [2.45, 2.75) is 13.5 Å². The third kappa shape index (κ3) is 3.42. The summed E-state index contributed by atoms with van der Waals surface area (Å²) in [4.78, 5) is 35.6. The third-order valence-corrected chi connectivity index (χ3v) is 4.81. The van der Waals surface area contributed by atoms with Crippen molar-refractivity contribution < 1.29 is 14.8 Å². The van der Waals surface area contributed by atoms with Crippen LogP contribution in [-0.2, 0) is 6.54 Å².